The number of amides is 2. The Morgan fingerprint density at radius 1 is 0.830 bits per heavy atom. The molecule has 246 valence electrons. The van der Waals surface area contributed by atoms with E-state index in [0.29, 0.717) is 16.3 Å². The van der Waals surface area contributed by atoms with Crippen molar-refractivity contribution in [2.75, 3.05) is 10.8 Å². The molecule has 5 rings (SSSR count). The van der Waals surface area contributed by atoms with Crippen LogP contribution in [-0.4, -0.2) is 43.8 Å². The highest BCUT2D eigenvalue weighted by Crippen LogP contribution is 2.30. The van der Waals surface area contributed by atoms with Crippen LogP contribution in [0.15, 0.2) is 108 Å². The molecule has 1 aliphatic carbocycles. The van der Waals surface area contributed by atoms with Gasteiger partial charge in [-0.3, -0.25) is 13.9 Å². The summed E-state index contributed by atoms with van der Waals surface area (Å²) in [4.78, 5) is 30.6. The molecule has 1 atom stereocenters. The van der Waals surface area contributed by atoms with Gasteiger partial charge >= 0.3 is 0 Å². The minimum absolute atomic E-state index is 0.0390. The van der Waals surface area contributed by atoms with Crippen LogP contribution in [0, 0.1) is 13.8 Å². The zero-order valence-electron chi connectivity index (χ0n) is 26.9. The van der Waals surface area contributed by atoms with E-state index in [2.05, 4.69) is 5.32 Å². The number of benzene rings is 4. The van der Waals surface area contributed by atoms with Crippen LogP contribution in [0.5, 0.6) is 0 Å². The van der Waals surface area contributed by atoms with Crippen LogP contribution in [0.1, 0.15) is 54.4 Å². The largest absolute Gasteiger partial charge is 0.352 e. The molecular formula is C38H42ClN3O4S. The van der Waals surface area contributed by atoms with Crippen LogP contribution in [0.25, 0.3) is 0 Å². The lowest BCUT2D eigenvalue weighted by atomic mass is 9.94. The summed E-state index contributed by atoms with van der Waals surface area (Å²) in [6.45, 7) is 3.37. The molecule has 0 heterocycles. The SMILES string of the molecule is Cc1cccc(CN(C(=O)CN(c2ccc(Cl)cc2C)S(=O)(=O)c2ccccc2)[C@@H](Cc2ccccc2)C(=O)NC2CCCCC2)c1. The Balaban J connectivity index is 1.58. The van der Waals surface area contributed by atoms with E-state index in [1.54, 1.807) is 48.2 Å². The third kappa shape index (κ3) is 8.82. The summed E-state index contributed by atoms with van der Waals surface area (Å²) in [5, 5.41) is 3.71. The molecule has 1 saturated carbocycles. The highest BCUT2D eigenvalue weighted by molar-refractivity contribution is 7.92. The number of hydrogen-bond acceptors (Lipinski definition) is 4. The molecule has 1 fully saturated rings. The maximum Gasteiger partial charge on any atom is 0.264 e. The molecule has 0 aliphatic heterocycles. The van der Waals surface area contributed by atoms with Crippen LogP contribution >= 0.6 is 11.6 Å². The van der Waals surface area contributed by atoms with Gasteiger partial charge in [0.2, 0.25) is 11.8 Å². The van der Waals surface area contributed by atoms with Gasteiger partial charge in [0, 0.05) is 24.0 Å². The van der Waals surface area contributed by atoms with E-state index in [9.17, 15) is 18.0 Å². The quantitative estimate of drug-likeness (QED) is 0.172. The third-order valence-electron chi connectivity index (χ3n) is 8.70. The molecule has 0 spiro atoms. The number of halogens is 1. The zero-order valence-corrected chi connectivity index (χ0v) is 28.5. The number of carbonyl (C=O) groups excluding carboxylic acids is 2. The van der Waals surface area contributed by atoms with Crippen molar-refractivity contribution in [1.29, 1.82) is 0 Å². The van der Waals surface area contributed by atoms with E-state index < -0.39 is 28.5 Å². The van der Waals surface area contributed by atoms with Crippen molar-refractivity contribution in [3.05, 3.63) is 130 Å². The molecule has 0 radical (unpaired) electrons. The molecule has 0 saturated heterocycles. The summed E-state index contributed by atoms with van der Waals surface area (Å²) >= 11 is 6.26. The molecule has 7 nitrogen and oxygen atoms in total. The average molecular weight is 672 g/mol. The van der Waals surface area contributed by atoms with Gasteiger partial charge in [0.05, 0.1) is 10.6 Å². The van der Waals surface area contributed by atoms with Gasteiger partial charge in [0.15, 0.2) is 0 Å². The highest BCUT2D eigenvalue weighted by Gasteiger charge is 2.35. The van der Waals surface area contributed by atoms with E-state index in [4.69, 9.17) is 11.6 Å². The molecule has 1 aliphatic rings. The van der Waals surface area contributed by atoms with Crippen molar-refractivity contribution in [3.8, 4) is 0 Å². The summed E-state index contributed by atoms with van der Waals surface area (Å²) in [5.74, 6) is -0.720. The molecule has 47 heavy (non-hydrogen) atoms. The second-order valence-corrected chi connectivity index (χ2v) is 14.6. The maximum absolute atomic E-state index is 14.7. The second kappa shape index (κ2) is 15.6. The molecule has 0 aromatic heterocycles. The standard InChI is InChI=1S/C38H42ClN3O4S/c1-28-13-12-16-31(23-28)26-41(36(25-30-14-6-3-7-15-30)38(44)40-33-17-8-4-9-18-33)37(43)27-42(35-22-21-32(39)24-29(35)2)47(45,46)34-19-10-5-11-20-34/h3,5-7,10-16,19-24,33,36H,4,8-9,17-18,25-27H2,1-2H3,(H,40,44)/t36-/m0/s1. The second-order valence-electron chi connectivity index (χ2n) is 12.3. The number of aryl methyl sites for hydroxylation is 2. The van der Waals surface area contributed by atoms with E-state index in [-0.39, 0.29) is 29.8 Å². The molecule has 2 amide bonds. The van der Waals surface area contributed by atoms with Gasteiger partial charge < -0.3 is 10.2 Å². The smallest absolute Gasteiger partial charge is 0.264 e. The summed E-state index contributed by atoms with van der Waals surface area (Å²) in [5.41, 5.74) is 3.72. The third-order valence-corrected chi connectivity index (χ3v) is 10.7. The minimum Gasteiger partial charge on any atom is -0.352 e. The summed E-state index contributed by atoms with van der Waals surface area (Å²) < 4.78 is 29.6. The molecule has 1 N–H and O–H groups in total. The number of nitrogens with one attached hydrogen (secondary N) is 1. The Morgan fingerprint density at radius 2 is 1.49 bits per heavy atom. The molecule has 0 unspecified atom stereocenters. The van der Waals surface area contributed by atoms with Crippen molar-refractivity contribution in [2.24, 2.45) is 0 Å². The van der Waals surface area contributed by atoms with Crippen LogP contribution in [-0.2, 0) is 32.6 Å². The molecule has 4 aromatic rings. The normalized spacial score (nSPS) is 14.3. The number of carbonyl (C=O) groups is 2. The molecule has 0 bridgehead atoms. The van der Waals surface area contributed by atoms with Crippen molar-refractivity contribution in [3.63, 3.8) is 0 Å². The van der Waals surface area contributed by atoms with Crippen molar-refractivity contribution in [1.82, 2.24) is 10.2 Å². The zero-order chi connectivity index (χ0) is 33.4. The lowest BCUT2D eigenvalue weighted by Crippen LogP contribution is -2.55. The van der Waals surface area contributed by atoms with Crippen LogP contribution < -0.4 is 9.62 Å². The Labute approximate surface area is 283 Å². The van der Waals surface area contributed by atoms with E-state index in [1.165, 1.54) is 12.1 Å². The predicted molar refractivity (Wildman–Crippen MR) is 188 cm³/mol. The number of sulfonamides is 1. The van der Waals surface area contributed by atoms with Crippen molar-refractivity contribution < 1.29 is 18.0 Å². The van der Waals surface area contributed by atoms with Crippen molar-refractivity contribution in [2.45, 2.75) is 75.9 Å². The summed E-state index contributed by atoms with van der Waals surface area (Å²) in [6.07, 6.45) is 5.32. The molecule has 9 heteroatoms. The highest BCUT2D eigenvalue weighted by atomic mass is 35.5. The predicted octanol–water partition coefficient (Wildman–Crippen LogP) is 7.24. The Hall–Kier alpha value is -4.14. The van der Waals surface area contributed by atoms with Gasteiger partial charge in [-0.25, -0.2) is 8.42 Å². The Bertz CT molecular complexity index is 1780. The molecule has 4 aromatic carbocycles. The van der Waals surface area contributed by atoms with E-state index in [0.717, 1.165) is 53.1 Å². The van der Waals surface area contributed by atoms with Crippen molar-refractivity contribution >= 4 is 39.1 Å². The van der Waals surface area contributed by atoms with Gasteiger partial charge in [-0.1, -0.05) is 109 Å². The number of hydrogen-bond donors (Lipinski definition) is 1. The van der Waals surface area contributed by atoms with Crippen LogP contribution in [0.3, 0.4) is 0 Å². The fourth-order valence-corrected chi connectivity index (χ4v) is 7.96. The van der Waals surface area contributed by atoms with Crippen LogP contribution in [0.4, 0.5) is 5.69 Å². The lowest BCUT2D eigenvalue weighted by molar-refractivity contribution is -0.140. The van der Waals surface area contributed by atoms with Gasteiger partial charge in [-0.2, -0.15) is 0 Å². The fourth-order valence-electron chi connectivity index (χ4n) is 6.24. The maximum atomic E-state index is 14.7. The number of rotatable bonds is 12. The average Bonchev–Trinajstić information content (AvgIpc) is 3.07. The van der Waals surface area contributed by atoms with Gasteiger partial charge in [0.25, 0.3) is 10.0 Å². The van der Waals surface area contributed by atoms with Gasteiger partial charge in [-0.05, 0) is 73.7 Å². The van der Waals surface area contributed by atoms with E-state index >= 15 is 0 Å². The monoisotopic (exact) mass is 671 g/mol. The first-order valence-electron chi connectivity index (χ1n) is 16.1. The number of nitrogens with zero attached hydrogens (tertiary/aromatic N) is 2. The summed E-state index contributed by atoms with van der Waals surface area (Å²) in [6, 6.07) is 29.6. The van der Waals surface area contributed by atoms with Crippen LogP contribution in [0.2, 0.25) is 5.02 Å². The molecular weight excluding hydrogens is 630 g/mol. The minimum atomic E-state index is -4.18. The van der Waals surface area contributed by atoms with Gasteiger partial charge in [-0.15, -0.1) is 0 Å². The lowest BCUT2D eigenvalue weighted by Gasteiger charge is -2.35. The first-order valence-corrected chi connectivity index (χ1v) is 18.0. The van der Waals surface area contributed by atoms with E-state index in [1.807, 2.05) is 61.5 Å². The fraction of sp³-hybridized carbons (Fsp3) is 0.316. The number of anilines is 1. The first kappa shape index (κ1) is 34.2. The topological polar surface area (TPSA) is 86.8 Å². The summed E-state index contributed by atoms with van der Waals surface area (Å²) in [7, 11) is -4.18. The Morgan fingerprint density at radius 3 is 2.15 bits per heavy atom. The Kier molecular flexibility index (Phi) is 11.4. The van der Waals surface area contributed by atoms with Gasteiger partial charge in [0.1, 0.15) is 12.6 Å². The first-order chi connectivity index (χ1) is 22.6.